The second-order valence-corrected chi connectivity index (χ2v) is 5.15. The lowest BCUT2D eigenvalue weighted by molar-refractivity contribution is 0.0523. The number of phenols is 1. The Bertz CT molecular complexity index is 753. The third-order valence-corrected chi connectivity index (χ3v) is 3.61. The minimum absolute atomic E-state index is 0.0273. The molecule has 0 bridgehead atoms. The summed E-state index contributed by atoms with van der Waals surface area (Å²) in [4.78, 5) is 24.2. The molecule has 0 atom stereocenters. The van der Waals surface area contributed by atoms with Gasteiger partial charge in [0.2, 0.25) is 0 Å². The normalized spacial score (nSPS) is 10.2. The molecule has 0 aliphatic carbocycles. The molecule has 0 spiro atoms. The van der Waals surface area contributed by atoms with Crippen molar-refractivity contribution in [2.75, 3.05) is 11.9 Å². The molecular formula is C18H19NO4. The highest BCUT2D eigenvalue weighted by atomic mass is 16.5. The van der Waals surface area contributed by atoms with Crippen molar-refractivity contribution in [2.24, 2.45) is 0 Å². The number of aryl methyl sites for hydroxylation is 1. The fraction of sp³-hybridized carbons (Fsp3) is 0.222. The summed E-state index contributed by atoms with van der Waals surface area (Å²) in [7, 11) is 0. The molecule has 0 saturated heterocycles. The van der Waals surface area contributed by atoms with Gasteiger partial charge in [-0.05, 0) is 56.2 Å². The average molecular weight is 313 g/mol. The molecular weight excluding hydrogens is 294 g/mol. The number of anilines is 1. The zero-order valence-electron chi connectivity index (χ0n) is 13.3. The van der Waals surface area contributed by atoms with Crippen LogP contribution in [0.25, 0.3) is 0 Å². The molecule has 0 aliphatic heterocycles. The van der Waals surface area contributed by atoms with Gasteiger partial charge in [0, 0.05) is 11.3 Å². The zero-order chi connectivity index (χ0) is 17.0. The number of carbonyl (C=O) groups excluding carboxylic acids is 2. The van der Waals surface area contributed by atoms with Gasteiger partial charge in [0.15, 0.2) is 0 Å². The Morgan fingerprint density at radius 3 is 2.61 bits per heavy atom. The Balaban J connectivity index is 2.28. The van der Waals surface area contributed by atoms with Gasteiger partial charge in [-0.2, -0.15) is 0 Å². The maximum absolute atomic E-state index is 12.4. The van der Waals surface area contributed by atoms with Gasteiger partial charge in [-0.1, -0.05) is 12.1 Å². The number of carbonyl (C=O) groups is 2. The lowest BCUT2D eigenvalue weighted by Crippen LogP contribution is -2.14. The molecule has 2 rings (SSSR count). The predicted molar refractivity (Wildman–Crippen MR) is 87.9 cm³/mol. The molecule has 0 saturated carbocycles. The van der Waals surface area contributed by atoms with Gasteiger partial charge in [0.25, 0.3) is 5.91 Å². The molecule has 2 aromatic carbocycles. The number of aromatic hydroxyl groups is 1. The molecule has 0 fully saturated rings. The summed E-state index contributed by atoms with van der Waals surface area (Å²) in [6.45, 7) is 5.75. The van der Waals surface area contributed by atoms with Crippen molar-refractivity contribution in [3.05, 3.63) is 58.7 Å². The van der Waals surface area contributed by atoms with E-state index < -0.39 is 5.97 Å². The number of phenolic OH excluding ortho intramolecular Hbond substituents is 1. The number of benzene rings is 2. The van der Waals surface area contributed by atoms with Crippen LogP contribution in [0.1, 0.15) is 38.8 Å². The third kappa shape index (κ3) is 3.69. The molecule has 2 aromatic rings. The number of esters is 1. The Hall–Kier alpha value is -2.82. The van der Waals surface area contributed by atoms with Crippen molar-refractivity contribution >= 4 is 17.6 Å². The standard InChI is InChI=1S/C18H19NO4/c1-4-23-18(22)14-10-13(8-9-16(14)20)17(21)19-15-7-5-6-11(2)12(15)3/h5-10,20H,4H2,1-3H3,(H,19,21). The molecule has 1 amide bonds. The molecule has 0 aromatic heterocycles. The number of hydrogen-bond donors (Lipinski definition) is 2. The molecule has 0 aliphatic rings. The van der Waals surface area contributed by atoms with Crippen LogP contribution < -0.4 is 5.32 Å². The Morgan fingerprint density at radius 1 is 1.17 bits per heavy atom. The van der Waals surface area contributed by atoms with E-state index in [4.69, 9.17) is 4.74 Å². The van der Waals surface area contributed by atoms with Gasteiger partial charge >= 0.3 is 5.97 Å². The van der Waals surface area contributed by atoms with Crippen LogP contribution >= 0.6 is 0 Å². The van der Waals surface area contributed by atoms with E-state index >= 15 is 0 Å². The third-order valence-electron chi connectivity index (χ3n) is 3.61. The van der Waals surface area contributed by atoms with Crippen LogP contribution in [0.15, 0.2) is 36.4 Å². The van der Waals surface area contributed by atoms with Crippen LogP contribution in [0.2, 0.25) is 0 Å². The number of nitrogens with one attached hydrogen (secondary N) is 1. The maximum Gasteiger partial charge on any atom is 0.341 e. The summed E-state index contributed by atoms with van der Waals surface area (Å²) < 4.78 is 4.87. The van der Waals surface area contributed by atoms with Gasteiger partial charge < -0.3 is 15.2 Å². The maximum atomic E-state index is 12.4. The quantitative estimate of drug-likeness (QED) is 0.848. The van der Waals surface area contributed by atoms with Crippen molar-refractivity contribution in [3.63, 3.8) is 0 Å². The number of amides is 1. The first kappa shape index (κ1) is 16.5. The summed E-state index contributed by atoms with van der Waals surface area (Å²) >= 11 is 0. The van der Waals surface area contributed by atoms with E-state index in [1.165, 1.54) is 18.2 Å². The van der Waals surface area contributed by atoms with Gasteiger partial charge in [0.1, 0.15) is 11.3 Å². The summed E-state index contributed by atoms with van der Waals surface area (Å²) in [6, 6.07) is 9.73. The summed E-state index contributed by atoms with van der Waals surface area (Å²) in [6.07, 6.45) is 0. The van der Waals surface area contributed by atoms with E-state index in [1.807, 2.05) is 32.0 Å². The SMILES string of the molecule is CCOC(=O)c1cc(C(=O)Nc2cccc(C)c2C)ccc1O. The van der Waals surface area contributed by atoms with Crippen molar-refractivity contribution in [1.29, 1.82) is 0 Å². The van der Waals surface area contributed by atoms with Crippen LogP contribution in [0, 0.1) is 13.8 Å². The smallest absolute Gasteiger partial charge is 0.341 e. The van der Waals surface area contributed by atoms with Crippen LogP contribution in [0.5, 0.6) is 5.75 Å². The van der Waals surface area contributed by atoms with E-state index in [-0.39, 0.29) is 29.4 Å². The molecule has 120 valence electrons. The number of rotatable bonds is 4. The molecule has 5 nitrogen and oxygen atoms in total. The topological polar surface area (TPSA) is 75.6 Å². The molecule has 23 heavy (non-hydrogen) atoms. The number of hydrogen-bond acceptors (Lipinski definition) is 4. The van der Waals surface area contributed by atoms with E-state index in [2.05, 4.69) is 5.32 Å². The summed E-state index contributed by atoms with van der Waals surface area (Å²) in [5, 5.41) is 12.6. The molecule has 2 N–H and O–H groups in total. The largest absolute Gasteiger partial charge is 0.507 e. The number of ether oxygens (including phenoxy) is 1. The lowest BCUT2D eigenvalue weighted by atomic mass is 10.1. The Kier molecular flexibility index (Phi) is 5.01. The van der Waals surface area contributed by atoms with E-state index in [0.29, 0.717) is 5.69 Å². The zero-order valence-corrected chi connectivity index (χ0v) is 13.3. The van der Waals surface area contributed by atoms with Crippen LogP contribution in [0.4, 0.5) is 5.69 Å². The van der Waals surface area contributed by atoms with E-state index in [1.54, 1.807) is 6.92 Å². The van der Waals surface area contributed by atoms with Gasteiger partial charge in [-0.3, -0.25) is 4.79 Å². The second-order valence-electron chi connectivity index (χ2n) is 5.15. The molecule has 0 radical (unpaired) electrons. The van der Waals surface area contributed by atoms with Crippen molar-refractivity contribution < 1.29 is 19.4 Å². The predicted octanol–water partition coefficient (Wildman–Crippen LogP) is 3.44. The first-order valence-electron chi connectivity index (χ1n) is 7.31. The Labute approximate surface area is 134 Å². The fourth-order valence-corrected chi connectivity index (χ4v) is 2.13. The molecule has 0 unspecified atom stereocenters. The minimum atomic E-state index is -0.661. The van der Waals surface area contributed by atoms with Crippen LogP contribution in [0.3, 0.4) is 0 Å². The van der Waals surface area contributed by atoms with Crippen LogP contribution in [-0.2, 0) is 4.74 Å². The summed E-state index contributed by atoms with van der Waals surface area (Å²) in [5.41, 5.74) is 3.00. The van der Waals surface area contributed by atoms with Crippen molar-refractivity contribution in [1.82, 2.24) is 0 Å². The van der Waals surface area contributed by atoms with E-state index in [9.17, 15) is 14.7 Å². The first-order valence-corrected chi connectivity index (χ1v) is 7.31. The molecule has 0 heterocycles. The first-order chi connectivity index (χ1) is 10.9. The second kappa shape index (κ2) is 6.96. The average Bonchev–Trinajstić information content (AvgIpc) is 2.52. The Morgan fingerprint density at radius 2 is 1.91 bits per heavy atom. The fourth-order valence-electron chi connectivity index (χ4n) is 2.13. The van der Waals surface area contributed by atoms with Crippen molar-refractivity contribution in [2.45, 2.75) is 20.8 Å². The van der Waals surface area contributed by atoms with Crippen LogP contribution in [-0.4, -0.2) is 23.6 Å². The molecule has 5 heteroatoms. The van der Waals surface area contributed by atoms with Gasteiger partial charge in [0.05, 0.1) is 6.61 Å². The highest BCUT2D eigenvalue weighted by Gasteiger charge is 2.16. The van der Waals surface area contributed by atoms with Gasteiger partial charge in [-0.25, -0.2) is 4.79 Å². The summed E-state index contributed by atoms with van der Waals surface area (Å²) in [5.74, 6) is -1.23. The monoisotopic (exact) mass is 313 g/mol. The van der Waals surface area contributed by atoms with Gasteiger partial charge in [-0.15, -0.1) is 0 Å². The minimum Gasteiger partial charge on any atom is -0.507 e. The lowest BCUT2D eigenvalue weighted by Gasteiger charge is -2.11. The highest BCUT2D eigenvalue weighted by molar-refractivity contribution is 6.06. The van der Waals surface area contributed by atoms with E-state index in [0.717, 1.165) is 11.1 Å². The highest BCUT2D eigenvalue weighted by Crippen LogP contribution is 2.22. The van der Waals surface area contributed by atoms with Crippen molar-refractivity contribution in [3.8, 4) is 5.75 Å².